The minimum absolute atomic E-state index is 0.769. The van der Waals surface area contributed by atoms with Gasteiger partial charge in [0.2, 0.25) is 0 Å². The van der Waals surface area contributed by atoms with Crippen LogP contribution < -0.4 is 0 Å². The first-order valence-corrected chi connectivity index (χ1v) is 9.57. The van der Waals surface area contributed by atoms with Gasteiger partial charge in [-0.2, -0.15) is 0 Å². The van der Waals surface area contributed by atoms with Gasteiger partial charge in [0.1, 0.15) is 0 Å². The van der Waals surface area contributed by atoms with Gasteiger partial charge in [-0.05, 0) is 57.9 Å². The second-order valence-corrected chi connectivity index (χ2v) is 7.49. The van der Waals surface area contributed by atoms with Crippen molar-refractivity contribution in [1.82, 2.24) is 0 Å². The maximum absolute atomic E-state index is 2.47. The molecular formula is C25H23. The Morgan fingerprint density at radius 3 is 2.44 bits per heavy atom. The van der Waals surface area contributed by atoms with E-state index in [0.29, 0.717) is 0 Å². The van der Waals surface area contributed by atoms with Crippen molar-refractivity contribution in [3.8, 4) is 11.1 Å². The zero-order chi connectivity index (χ0) is 16.6. The van der Waals surface area contributed by atoms with E-state index in [9.17, 15) is 0 Å². The van der Waals surface area contributed by atoms with Crippen LogP contribution in [0.1, 0.15) is 43.2 Å². The van der Waals surface area contributed by atoms with E-state index in [0.717, 1.165) is 5.92 Å². The lowest BCUT2D eigenvalue weighted by molar-refractivity contribution is 0.408. The summed E-state index contributed by atoms with van der Waals surface area (Å²) in [6.07, 6.45) is 11.8. The Balaban J connectivity index is 1.57. The monoisotopic (exact) mass is 323 g/mol. The zero-order valence-electron chi connectivity index (χ0n) is 14.5. The van der Waals surface area contributed by atoms with Gasteiger partial charge in [-0.1, -0.05) is 85.5 Å². The van der Waals surface area contributed by atoms with E-state index in [2.05, 4.69) is 73.2 Å². The van der Waals surface area contributed by atoms with E-state index >= 15 is 0 Å². The van der Waals surface area contributed by atoms with Crippen LogP contribution in [0.5, 0.6) is 0 Å². The topological polar surface area (TPSA) is 0 Å². The predicted molar refractivity (Wildman–Crippen MR) is 107 cm³/mol. The number of benzene rings is 3. The fourth-order valence-corrected chi connectivity index (χ4v) is 4.54. The molecule has 0 bridgehead atoms. The van der Waals surface area contributed by atoms with Gasteiger partial charge in [-0.15, -0.1) is 0 Å². The van der Waals surface area contributed by atoms with Gasteiger partial charge < -0.3 is 0 Å². The molecule has 0 N–H and O–H groups in total. The molecule has 123 valence electrons. The van der Waals surface area contributed by atoms with E-state index in [4.69, 9.17) is 0 Å². The first-order chi connectivity index (χ1) is 12.4. The second-order valence-electron chi connectivity index (χ2n) is 7.49. The van der Waals surface area contributed by atoms with Crippen molar-refractivity contribution in [2.75, 3.05) is 0 Å². The van der Waals surface area contributed by atoms with Gasteiger partial charge in [0.05, 0.1) is 0 Å². The summed E-state index contributed by atoms with van der Waals surface area (Å²) >= 11 is 0. The lowest BCUT2D eigenvalue weighted by Gasteiger charge is -2.22. The van der Waals surface area contributed by atoms with Crippen molar-refractivity contribution in [2.45, 2.75) is 32.1 Å². The molecule has 2 aliphatic carbocycles. The van der Waals surface area contributed by atoms with Gasteiger partial charge in [-0.25, -0.2) is 0 Å². The Labute approximate surface area is 150 Å². The molecule has 1 radical (unpaired) electrons. The predicted octanol–water partition coefficient (Wildman–Crippen LogP) is 7.04. The third-order valence-electron chi connectivity index (χ3n) is 5.91. The molecular weight excluding hydrogens is 300 g/mol. The van der Waals surface area contributed by atoms with Crippen LogP contribution in [0.4, 0.5) is 0 Å². The maximum atomic E-state index is 2.47. The highest BCUT2D eigenvalue weighted by Crippen LogP contribution is 2.41. The largest absolute Gasteiger partial charge is 0.0616 e. The highest BCUT2D eigenvalue weighted by atomic mass is 14.3. The molecule has 0 amide bonds. The molecule has 5 rings (SSSR count). The summed E-state index contributed by atoms with van der Waals surface area (Å²) in [7, 11) is 0. The summed E-state index contributed by atoms with van der Waals surface area (Å²) in [5, 5.41) is 2.62. The van der Waals surface area contributed by atoms with Crippen LogP contribution in [0.25, 0.3) is 28.0 Å². The van der Waals surface area contributed by atoms with Crippen LogP contribution in [-0.4, -0.2) is 0 Å². The summed E-state index contributed by atoms with van der Waals surface area (Å²) < 4.78 is 0. The lowest BCUT2D eigenvalue weighted by atomic mass is 9.83. The zero-order valence-corrected chi connectivity index (χ0v) is 14.5. The Bertz CT molecular complexity index is 955. The third-order valence-corrected chi connectivity index (χ3v) is 5.91. The fourth-order valence-electron chi connectivity index (χ4n) is 4.54. The molecule has 0 aliphatic heterocycles. The minimum atomic E-state index is 0.769. The van der Waals surface area contributed by atoms with Crippen molar-refractivity contribution in [3.63, 3.8) is 0 Å². The first kappa shape index (κ1) is 15.0. The molecule has 25 heavy (non-hydrogen) atoms. The molecule has 0 unspecified atom stereocenters. The minimum Gasteiger partial charge on any atom is -0.0616 e. The lowest BCUT2D eigenvalue weighted by Crippen LogP contribution is -2.08. The van der Waals surface area contributed by atoms with Crippen LogP contribution in [-0.2, 0) is 0 Å². The molecule has 1 saturated carbocycles. The fraction of sp³-hybridized carbons (Fsp3) is 0.240. The summed E-state index contributed by atoms with van der Waals surface area (Å²) in [6, 6.07) is 22.2. The van der Waals surface area contributed by atoms with Crippen molar-refractivity contribution in [2.24, 2.45) is 5.92 Å². The SMILES string of the molecule is [CH]1C(C2CCCCC2)=Cc2c1cccc2-c1ccc2ccccc2c1. The van der Waals surface area contributed by atoms with E-state index in [1.165, 1.54) is 65.1 Å². The van der Waals surface area contributed by atoms with Gasteiger partial charge >= 0.3 is 0 Å². The number of allylic oxidation sites excluding steroid dienone is 1. The molecule has 0 aromatic heterocycles. The third kappa shape index (κ3) is 2.70. The van der Waals surface area contributed by atoms with Gasteiger partial charge in [0.15, 0.2) is 0 Å². The van der Waals surface area contributed by atoms with Gasteiger partial charge in [0.25, 0.3) is 0 Å². The molecule has 3 aromatic carbocycles. The first-order valence-electron chi connectivity index (χ1n) is 9.57. The number of fused-ring (bicyclic) bond motifs is 2. The van der Waals surface area contributed by atoms with Crippen LogP contribution in [0.3, 0.4) is 0 Å². The summed E-state index contributed by atoms with van der Waals surface area (Å²) in [5.74, 6) is 0.769. The molecule has 0 heterocycles. The number of hydrogen-bond acceptors (Lipinski definition) is 0. The van der Waals surface area contributed by atoms with Crippen molar-refractivity contribution in [3.05, 3.63) is 83.8 Å². The quantitative estimate of drug-likeness (QED) is 0.474. The van der Waals surface area contributed by atoms with Gasteiger partial charge in [-0.3, -0.25) is 0 Å². The average Bonchev–Trinajstić information content (AvgIpc) is 3.13. The smallest absolute Gasteiger partial charge is 0.0167 e. The molecule has 0 saturated heterocycles. The molecule has 3 aromatic rings. The van der Waals surface area contributed by atoms with E-state index in [1.807, 2.05) is 0 Å². The Hall–Kier alpha value is -2.34. The van der Waals surface area contributed by atoms with Crippen LogP contribution in [0.15, 0.2) is 66.2 Å². The Morgan fingerprint density at radius 2 is 1.56 bits per heavy atom. The second kappa shape index (κ2) is 6.19. The van der Waals surface area contributed by atoms with Crippen molar-refractivity contribution < 1.29 is 0 Å². The van der Waals surface area contributed by atoms with E-state index < -0.39 is 0 Å². The van der Waals surface area contributed by atoms with E-state index in [-0.39, 0.29) is 0 Å². The highest BCUT2D eigenvalue weighted by molar-refractivity contribution is 5.90. The summed E-state index contributed by atoms with van der Waals surface area (Å²) in [5.41, 5.74) is 7.06. The molecule has 0 heteroatoms. The summed E-state index contributed by atoms with van der Waals surface area (Å²) in [4.78, 5) is 0. The number of rotatable bonds is 2. The maximum Gasteiger partial charge on any atom is 0.0167 e. The Kier molecular flexibility index (Phi) is 3.70. The average molecular weight is 323 g/mol. The molecule has 0 atom stereocenters. The Morgan fingerprint density at radius 1 is 0.720 bits per heavy atom. The van der Waals surface area contributed by atoms with Gasteiger partial charge in [0, 0.05) is 6.42 Å². The highest BCUT2D eigenvalue weighted by Gasteiger charge is 2.24. The van der Waals surface area contributed by atoms with Crippen LogP contribution in [0, 0.1) is 12.3 Å². The van der Waals surface area contributed by atoms with Crippen LogP contribution in [0.2, 0.25) is 0 Å². The van der Waals surface area contributed by atoms with Crippen molar-refractivity contribution >= 4 is 16.8 Å². The normalized spacial score (nSPS) is 17.5. The molecule has 0 nitrogen and oxygen atoms in total. The molecule has 2 aliphatic rings. The molecule has 1 fully saturated rings. The van der Waals surface area contributed by atoms with Crippen molar-refractivity contribution in [1.29, 1.82) is 0 Å². The number of hydrogen-bond donors (Lipinski definition) is 0. The van der Waals surface area contributed by atoms with Crippen LogP contribution >= 0.6 is 0 Å². The molecule has 0 spiro atoms. The summed E-state index contributed by atoms with van der Waals surface area (Å²) in [6.45, 7) is 0. The standard InChI is InChI=1S/C25H23/c1-2-7-18(8-3-1)23-16-21-11-6-12-24(25(21)17-23)22-14-13-19-9-4-5-10-20(19)15-22/h4-6,9-18H,1-3,7-8H2. The van der Waals surface area contributed by atoms with E-state index in [1.54, 1.807) is 5.57 Å².